The first-order chi connectivity index (χ1) is 9.06. The monoisotopic (exact) mass is 256 g/mol. The lowest BCUT2D eigenvalue weighted by Gasteiger charge is -2.10. The fourth-order valence-corrected chi connectivity index (χ4v) is 1.92. The van der Waals surface area contributed by atoms with Crippen LogP contribution in [0.2, 0.25) is 0 Å². The van der Waals surface area contributed by atoms with E-state index in [1.54, 1.807) is 6.92 Å². The van der Waals surface area contributed by atoms with Gasteiger partial charge >= 0.3 is 0 Å². The summed E-state index contributed by atoms with van der Waals surface area (Å²) in [6.07, 6.45) is -0.467. The van der Waals surface area contributed by atoms with E-state index >= 15 is 0 Å². The summed E-state index contributed by atoms with van der Waals surface area (Å²) in [5.74, 6) is 0.789. The van der Waals surface area contributed by atoms with Crippen LogP contribution in [-0.2, 0) is 6.61 Å². The summed E-state index contributed by atoms with van der Waals surface area (Å²) in [7, 11) is 0. The Labute approximate surface area is 114 Å². The molecule has 0 amide bonds. The number of aryl methyl sites for hydroxylation is 2. The number of aliphatic hydroxyl groups excluding tert-OH is 1. The van der Waals surface area contributed by atoms with Crippen LogP contribution in [0.25, 0.3) is 0 Å². The molecule has 0 saturated heterocycles. The molecule has 2 heteroatoms. The first kappa shape index (κ1) is 13.6. The summed E-state index contributed by atoms with van der Waals surface area (Å²) in [5.41, 5.74) is 4.60. The molecule has 1 atom stereocenters. The number of ether oxygens (including phenoxy) is 1. The molecule has 2 aromatic rings. The minimum Gasteiger partial charge on any atom is -0.489 e. The molecule has 0 aromatic heterocycles. The van der Waals surface area contributed by atoms with Gasteiger partial charge in [-0.25, -0.2) is 0 Å². The zero-order valence-electron chi connectivity index (χ0n) is 11.7. The molecule has 100 valence electrons. The minimum atomic E-state index is -0.467. The molecule has 2 aromatic carbocycles. The maximum atomic E-state index is 9.54. The van der Waals surface area contributed by atoms with Crippen LogP contribution in [0.1, 0.15) is 35.3 Å². The average molecular weight is 256 g/mol. The average Bonchev–Trinajstić information content (AvgIpc) is 2.40. The SMILES string of the molecule is Cc1ccc(COc2cccc([C@@H](C)O)c2)cc1C. The molecule has 0 unspecified atom stereocenters. The highest BCUT2D eigenvalue weighted by molar-refractivity contribution is 5.32. The quantitative estimate of drug-likeness (QED) is 0.898. The van der Waals surface area contributed by atoms with E-state index in [-0.39, 0.29) is 0 Å². The van der Waals surface area contributed by atoms with Gasteiger partial charge in [-0.3, -0.25) is 0 Å². The number of benzene rings is 2. The third-order valence-corrected chi connectivity index (χ3v) is 3.32. The fraction of sp³-hybridized carbons (Fsp3) is 0.294. The molecular formula is C17H20O2. The van der Waals surface area contributed by atoms with Crippen molar-refractivity contribution >= 4 is 0 Å². The van der Waals surface area contributed by atoms with Crippen LogP contribution in [0.4, 0.5) is 0 Å². The third kappa shape index (κ3) is 3.58. The van der Waals surface area contributed by atoms with Crippen LogP contribution in [0.5, 0.6) is 5.75 Å². The summed E-state index contributed by atoms with van der Waals surface area (Å²) >= 11 is 0. The summed E-state index contributed by atoms with van der Waals surface area (Å²) in [4.78, 5) is 0. The minimum absolute atomic E-state index is 0.467. The van der Waals surface area contributed by atoms with Crippen molar-refractivity contribution in [2.24, 2.45) is 0 Å². The van der Waals surface area contributed by atoms with Crippen molar-refractivity contribution in [1.29, 1.82) is 0 Å². The third-order valence-electron chi connectivity index (χ3n) is 3.32. The summed E-state index contributed by atoms with van der Waals surface area (Å²) in [6, 6.07) is 13.9. The van der Waals surface area contributed by atoms with Crippen LogP contribution in [0.15, 0.2) is 42.5 Å². The van der Waals surface area contributed by atoms with E-state index in [4.69, 9.17) is 4.74 Å². The largest absolute Gasteiger partial charge is 0.489 e. The molecule has 2 nitrogen and oxygen atoms in total. The molecule has 0 aliphatic carbocycles. The van der Waals surface area contributed by atoms with E-state index in [0.717, 1.165) is 16.9 Å². The predicted molar refractivity (Wildman–Crippen MR) is 77.3 cm³/mol. The van der Waals surface area contributed by atoms with Crippen LogP contribution in [0, 0.1) is 13.8 Å². The molecule has 2 rings (SSSR count). The van der Waals surface area contributed by atoms with Gasteiger partial charge in [-0.1, -0.05) is 30.3 Å². The van der Waals surface area contributed by atoms with E-state index in [2.05, 4.69) is 32.0 Å². The Balaban J connectivity index is 2.05. The van der Waals surface area contributed by atoms with E-state index in [1.807, 2.05) is 24.3 Å². The number of hydrogen-bond donors (Lipinski definition) is 1. The first-order valence-corrected chi connectivity index (χ1v) is 6.53. The lowest BCUT2D eigenvalue weighted by molar-refractivity contribution is 0.198. The number of rotatable bonds is 4. The second kappa shape index (κ2) is 5.89. The second-order valence-corrected chi connectivity index (χ2v) is 4.96. The lowest BCUT2D eigenvalue weighted by atomic mass is 10.1. The van der Waals surface area contributed by atoms with Crippen molar-refractivity contribution in [2.45, 2.75) is 33.5 Å². The fourth-order valence-electron chi connectivity index (χ4n) is 1.92. The van der Waals surface area contributed by atoms with Crippen LogP contribution in [0.3, 0.4) is 0 Å². The molecule has 0 saturated carbocycles. The van der Waals surface area contributed by atoms with Gasteiger partial charge in [-0.15, -0.1) is 0 Å². The topological polar surface area (TPSA) is 29.5 Å². The standard InChI is InChI=1S/C17H20O2/c1-12-7-8-15(9-13(12)2)11-19-17-6-4-5-16(10-17)14(3)18/h4-10,14,18H,11H2,1-3H3/t14-/m1/s1. The van der Waals surface area contributed by atoms with E-state index in [0.29, 0.717) is 6.61 Å². The molecule has 0 radical (unpaired) electrons. The Kier molecular flexibility index (Phi) is 4.23. The summed E-state index contributed by atoms with van der Waals surface area (Å²) in [6.45, 7) is 6.51. The molecule has 0 aliphatic rings. The van der Waals surface area contributed by atoms with Gasteiger partial charge in [0.25, 0.3) is 0 Å². The molecule has 0 aliphatic heterocycles. The first-order valence-electron chi connectivity index (χ1n) is 6.53. The van der Waals surface area contributed by atoms with Crippen LogP contribution in [-0.4, -0.2) is 5.11 Å². The van der Waals surface area contributed by atoms with Gasteiger partial charge in [0.15, 0.2) is 0 Å². The summed E-state index contributed by atoms with van der Waals surface area (Å²) in [5, 5.41) is 9.54. The Morgan fingerprint density at radius 3 is 2.53 bits per heavy atom. The van der Waals surface area contributed by atoms with Crippen molar-refractivity contribution in [3.8, 4) is 5.75 Å². The van der Waals surface area contributed by atoms with Gasteiger partial charge in [-0.05, 0) is 55.2 Å². The molecule has 19 heavy (non-hydrogen) atoms. The van der Waals surface area contributed by atoms with E-state index < -0.39 is 6.10 Å². The number of aliphatic hydroxyl groups is 1. The maximum absolute atomic E-state index is 9.54. The van der Waals surface area contributed by atoms with Gasteiger partial charge in [0.2, 0.25) is 0 Å². The van der Waals surface area contributed by atoms with Crippen LogP contribution >= 0.6 is 0 Å². The highest BCUT2D eigenvalue weighted by Gasteiger charge is 2.03. The molecule has 0 spiro atoms. The highest BCUT2D eigenvalue weighted by Crippen LogP contribution is 2.20. The lowest BCUT2D eigenvalue weighted by Crippen LogP contribution is -1.98. The molecule has 0 bridgehead atoms. The Morgan fingerprint density at radius 1 is 1.05 bits per heavy atom. The normalized spacial score (nSPS) is 12.2. The summed E-state index contributed by atoms with van der Waals surface area (Å²) < 4.78 is 5.77. The van der Waals surface area contributed by atoms with Gasteiger partial charge in [-0.2, -0.15) is 0 Å². The molecule has 0 fully saturated rings. The van der Waals surface area contributed by atoms with Crippen molar-refractivity contribution in [1.82, 2.24) is 0 Å². The van der Waals surface area contributed by atoms with Gasteiger partial charge in [0, 0.05) is 0 Å². The maximum Gasteiger partial charge on any atom is 0.120 e. The van der Waals surface area contributed by atoms with E-state index in [9.17, 15) is 5.11 Å². The van der Waals surface area contributed by atoms with Gasteiger partial charge < -0.3 is 9.84 Å². The molecule has 0 heterocycles. The van der Waals surface area contributed by atoms with Gasteiger partial charge in [0.1, 0.15) is 12.4 Å². The Morgan fingerprint density at radius 2 is 1.84 bits per heavy atom. The van der Waals surface area contributed by atoms with Crippen molar-refractivity contribution in [2.75, 3.05) is 0 Å². The van der Waals surface area contributed by atoms with Gasteiger partial charge in [0.05, 0.1) is 6.10 Å². The van der Waals surface area contributed by atoms with Crippen molar-refractivity contribution in [3.05, 3.63) is 64.7 Å². The van der Waals surface area contributed by atoms with Crippen molar-refractivity contribution < 1.29 is 9.84 Å². The highest BCUT2D eigenvalue weighted by atomic mass is 16.5. The second-order valence-electron chi connectivity index (χ2n) is 4.96. The molecule has 1 N–H and O–H groups in total. The Bertz CT molecular complexity index is 559. The Hall–Kier alpha value is -1.80. The molecular weight excluding hydrogens is 236 g/mol. The van der Waals surface area contributed by atoms with E-state index in [1.165, 1.54) is 11.1 Å². The van der Waals surface area contributed by atoms with Crippen molar-refractivity contribution in [3.63, 3.8) is 0 Å². The zero-order valence-corrected chi connectivity index (χ0v) is 11.7. The smallest absolute Gasteiger partial charge is 0.120 e. The van der Waals surface area contributed by atoms with Crippen LogP contribution < -0.4 is 4.74 Å². The predicted octanol–water partition coefficient (Wildman–Crippen LogP) is 3.94. The zero-order chi connectivity index (χ0) is 13.8. The number of hydrogen-bond acceptors (Lipinski definition) is 2.